The van der Waals surface area contributed by atoms with Crippen LogP contribution in [0.2, 0.25) is 15.1 Å². The van der Waals surface area contributed by atoms with Crippen LogP contribution in [-0.4, -0.2) is 11.7 Å². The second-order valence-corrected chi connectivity index (χ2v) is 4.13. The Hall–Kier alpha value is 0.300. The van der Waals surface area contributed by atoms with Gasteiger partial charge in [0.2, 0.25) is 0 Å². The second kappa shape index (κ2) is 6.79. The van der Waals surface area contributed by atoms with Gasteiger partial charge in [0, 0.05) is 17.7 Å². The van der Waals surface area contributed by atoms with Crippen molar-refractivity contribution < 1.29 is 5.11 Å². The van der Waals surface area contributed by atoms with E-state index in [1.807, 2.05) is 0 Å². The minimum Gasteiger partial charge on any atom is -0.396 e. The summed E-state index contributed by atoms with van der Waals surface area (Å²) in [5.41, 5.74) is 6.45. The fraction of sp³-hybridized carbons (Fsp3) is 0.333. The monoisotopic (exact) mass is 289 g/mol. The molecule has 6 heteroatoms. The molecule has 0 aliphatic rings. The first-order valence-electron chi connectivity index (χ1n) is 4.07. The summed E-state index contributed by atoms with van der Waals surface area (Å²) in [5.74, 6) is 0. The van der Waals surface area contributed by atoms with Crippen LogP contribution in [0.25, 0.3) is 0 Å². The van der Waals surface area contributed by atoms with Gasteiger partial charge in [0.25, 0.3) is 0 Å². The first-order chi connectivity index (χ1) is 6.56. The topological polar surface area (TPSA) is 46.2 Å². The van der Waals surface area contributed by atoms with Gasteiger partial charge < -0.3 is 10.8 Å². The zero-order chi connectivity index (χ0) is 10.7. The molecule has 0 saturated carbocycles. The highest BCUT2D eigenvalue weighted by Gasteiger charge is 2.13. The first-order valence-corrected chi connectivity index (χ1v) is 5.20. The molecule has 0 radical (unpaired) electrons. The second-order valence-electron chi connectivity index (χ2n) is 2.91. The highest BCUT2D eigenvalue weighted by Crippen LogP contribution is 2.33. The highest BCUT2D eigenvalue weighted by molar-refractivity contribution is 6.43. The van der Waals surface area contributed by atoms with Crippen LogP contribution in [0.1, 0.15) is 18.0 Å². The minimum atomic E-state index is -0.344. The van der Waals surface area contributed by atoms with Gasteiger partial charge in [-0.1, -0.05) is 34.8 Å². The van der Waals surface area contributed by atoms with Gasteiger partial charge >= 0.3 is 0 Å². The number of benzene rings is 1. The van der Waals surface area contributed by atoms with Crippen molar-refractivity contribution in [3.8, 4) is 0 Å². The predicted octanol–water partition coefficient (Wildman–Crippen LogP) is 3.45. The fourth-order valence-corrected chi connectivity index (χ4v) is 1.90. The molecule has 0 unspecified atom stereocenters. The molecule has 1 rings (SSSR count). The quantitative estimate of drug-likeness (QED) is 0.838. The third-order valence-corrected chi connectivity index (χ3v) is 2.90. The van der Waals surface area contributed by atoms with E-state index >= 15 is 0 Å². The number of aliphatic hydroxyl groups excluding tert-OH is 1. The Morgan fingerprint density at radius 1 is 1.27 bits per heavy atom. The van der Waals surface area contributed by atoms with Crippen LogP contribution in [0.3, 0.4) is 0 Å². The molecule has 0 aliphatic carbocycles. The molecule has 0 amide bonds. The molecule has 1 aromatic carbocycles. The summed E-state index contributed by atoms with van der Waals surface area (Å²) in [4.78, 5) is 0. The Morgan fingerprint density at radius 2 is 1.87 bits per heavy atom. The normalized spacial score (nSPS) is 12.1. The lowest BCUT2D eigenvalue weighted by Gasteiger charge is -2.13. The average molecular weight is 291 g/mol. The summed E-state index contributed by atoms with van der Waals surface area (Å²) in [5, 5.41) is 10.0. The molecule has 0 bridgehead atoms. The first kappa shape index (κ1) is 15.3. The van der Waals surface area contributed by atoms with Crippen molar-refractivity contribution in [1.29, 1.82) is 0 Å². The van der Waals surface area contributed by atoms with E-state index in [0.717, 1.165) is 0 Å². The highest BCUT2D eigenvalue weighted by atomic mass is 35.5. The molecule has 2 nitrogen and oxygen atoms in total. The summed E-state index contributed by atoms with van der Waals surface area (Å²) in [6, 6.07) is 2.88. The number of rotatable bonds is 3. The Bertz CT molecular complexity index is 332. The molecule has 0 aromatic heterocycles. The summed E-state index contributed by atoms with van der Waals surface area (Å²) in [6.07, 6.45) is 0.427. The third kappa shape index (κ3) is 3.99. The molecule has 1 atom stereocenters. The van der Waals surface area contributed by atoms with Crippen molar-refractivity contribution in [1.82, 2.24) is 0 Å². The van der Waals surface area contributed by atoms with Crippen molar-refractivity contribution in [2.75, 3.05) is 6.61 Å². The predicted molar refractivity (Wildman–Crippen MR) is 67.4 cm³/mol. The smallest absolute Gasteiger partial charge is 0.0641 e. The third-order valence-electron chi connectivity index (χ3n) is 1.86. The van der Waals surface area contributed by atoms with Gasteiger partial charge in [-0.05, 0) is 24.1 Å². The molecular weight excluding hydrogens is 280 g/mol. The molecule has 0 spiro atoms. The van der Waals surface area contributed by atoms with Crippen LogP contribution in [0.4, 0.5) is 0 Å². The summed E-state index contributed by atoms with van der Waals surface area (Å²) in [7, 11) is 0. The van der Waals surface area contributed by atoms with Crippen LogP contribution in [-0.2, 0) is 0 Å². The summed E-state index contributed by atoms with van der Waals surface area (Å²) in [6.45, 7) is 0.00162. The van der Waals surface area contributed by atoms with Crippen LogP contribution in [0.5, 0.6) is 0 Å². The van der Waals surface area contributed by atoms with Gasteiger partial charge in [-0.2, -0.15) is 0 Å². The average Bonchev–Trinajstić information content (AvgIpc) is 2.11. The SMILES string of the molecule is Cl.N[C@H](CCO)c1cc(Cl)cc(Cl)c1Cl. The molecule has 86 valence electrons. The molecule has 0 saturated heterocycles. The number of aliphatic hydroxyl groups is 1. The van der Waals surface area contributed by atoms with Crippen molar-refractivity contribution >= 4 is 47.2 Å². The Morgan fingerprint density at radius 3 is 2.40 bits per heavy atom. The van der Waals surface area contributed by atoms with Gasteiger partial charge in [0.05, 0.1) is 10.0 Å². The van der Waals surface area contributed by atoms with Crippen molar-refractivity contribution in [3.05, 3.63) is 32.8 Å². The summed E-state index contributed by atoms with van der Waals surface area (Å²) >= 11 is 17.6. The van der Waals surface area contributed by atoms with Crippen LogP contribution in [0.15, 0.2) is 12.1 Å². The number of halogens is 4. The summed E-state index contributed by atoms with van der Waals surface area (Å²) < 4.78 is 0. The van der Waals surface area contributed by atoms with Crippen LogP contribution >= 0.6 is 47.2 Å². The number of hydrogen-bond acceptors (Lipinski definition) is 2. The van der Waals surface area contributed by atoms with Gasteiger partial charge in [0.1, 0.15) is 0 Å². The number of nitrogens with two attached hydrogens (primary N) is 1. The molecule has 1 aromatic rings. The van der Waals surface area contributed by atoms with Gasteiger partial charge in [-0.25, -0.2) is 0 Å². The van der Waals surface area contributed by atoms with E-state index in [1.165, 1.54) is 0 Å². The van der Waals surface area contributed by atoms with E-state index in [0.29, 0.717) is 27.1 Å². The lowest BCUT2D eigenvalue weighted by atomic mass is 10.1. The van der Waals surface area contributed by atoms with Crippen molar-refractivity contribution in [2.45, 2.75) is 12.5 Å². The van der Waals surface area contributed by atoms with Crippen LogP contribution < -0.4 is 5.73 Å². The van der Waals surface area contributed by atoms with Gasteiger partial charge in [-0.3, -0.25) is 0 Å². The zero-order valence-electron chi connectivity index (χ0n) is 7.71. The lowest BCUT2D eigenvalue weighted by Crippen LogP contribution is -2.12. The van der Waals surface area contributed by atoms with Crippen LogP contribution in [0, 0.1) is 0 Å². The minimum absolute atomic E-state index is 0. The van der Waals surface area contributed by atoms with Gasteiger partial charge in [-0.15, -0.1) is 12.4 Å². The van der Waals surface area contributed by atoms with E-state index in [4.69, 9.17) is 45.6 Å². The molecule has 3 N–H and O–H groups in total. The van der Waals surface area contributed by atoms with E-state index in [2.05, 4.69) is 0 Å². The van der Waals surface area contributed by atoms with E-state index in [1.54, 1.807) is 12.1 Å². The maximum atomic E-state index is 8.74. The maximum Gasteiger partial charge on any atom is 0.0641 e. The fourth-order valence-electron chi connectivity index (χ4n) is 1.14. The molecular formula is C9H11Cl4NO. The Kier molecular flexibility index (Phi) is 6.93. The van der Waals surface area contributed by atoms with Crippen molar-refractivity contribution in [2.24, 2.45) is 5.73 Å². The largest absolute Gasteiger partial charge is 0.396 e. The number of hydrogen-bond donors (Lipinski definition) is 2. The Labute approximate surface area is 110 Å². The van der Waals surface area contributed by atoms with Gasteiger partial charge in [0.15, 0.2) is 0 Å². The molecule has 15 heavy (non-hydrogen) atoms. The van der Waals surface area contributed by atoms with E-state index in [9.17, 15) is 0 Å². The lowest BCUT2D eigenvalue weighted by molar-refractivity contribution is 0.276. The molecule has 0 aliphatic heterocycles. The maximum absolute atomic E-state index is 8.74. The zero-order valence-corrected chi connectivity index (χ0v) is 10.8. The standard InChI is InChI=1S/C9H10Cl3NO.ClH/c10-5-3-6(8(13)1-2-14)9(12)7(11)4-5;/h3-4,8,14H,1-2,13H2;1H/t8-;/m1./s1. The molecule has 0 fully saturated rings. The Balaban J connectivity index is 0.00000196. The van der Waals surface area contributed by atoms with E-state index in [-0.39, 0.29) is 25.1 Å². The van der Waals surface area contributed by atoms with Crippen molar-refractivity contribution in [3.63, 3.8) is 0 Å². The van der Waals surface area contributed by atoms with E-state index < -0.39 is 0 Å². The molecule has 0 heterocycles.